The van der Waals surface area contributed by atoms with Crippen molar-refractivity contribution in [1.29, 1.82) is 0 Å². The maximum Gasteiger partial charge on any atom is 0.324 e. The van der Waals surface area contributed by atoms with E-state index >= 15 is 0 Å². The molecule has 0 radical (unpaired) electrons. The zero-order valence-corrected chi connectivity index (χ0v) is 11.8. The van der Waals surface area contributed by atoms with E-state index in [0.717, 1.165) is 11.0 Å². The number of carbonyl (C=O) groups excluding carboxylic acids is 1. The number of amides is 2. The summed E-state index contributed by atoms with van der Waals surface area (Å²) in [6.45, 7) is 4.16. The molecule has 3 nitrogen and oxygen atoms in total. The van der Waals surface area contributed by atoms with Crippen LogP contribution in [0.1, 0.15) is 5.56 Å². The Morgan fingerprint density at radius 3 is 2.41 bits per heavy atom. The number of nitrogens with zero attached hydrogens (tertiary/aromatic N) is 2. The molecule has 0 bridgehead atoms. The summed E-state index contributed by atoms with van der Waals surface area (Å²) in [5, 5.41) is 0.821. The summed E-state index contributed by atoms with van der Waals surface area (Å²) in [4.78, 5) is 15.2. The van der Waals surface area contributed by atoms with E-state index in [4.69, 9.17) is 0 Å². The smallest absolute Gasteiger partial charge is 0.324 e. The van der Waals surface area contributed by atoms with E-state index in [1.807, 2.05) is 24.3 Å². The van der Waals surface area contributed by atoms with Gasteiger partial charge in [0, 0.05) is 31.7 Å². The van der Waals surface area contributed by atoms with Gasteiger partial charge in [0.15, 0.2) is 0 Å². The third-order valence-electron chi connectivity index (χ3n) is 2.49. The van der Waals surface area contributed by atoms with E-state index < -0.39 is 0 Å². The molecule has 0 aliphatic carbocycles. The fourth-order valence-corrected chi connectivity index (χ4v) is 1.82. The first kappa shape index (κ1) is 13.8. The van der Waals surface area contributed by atoms with E-state index in [1.165, 1.54) is 5.56 Å². The molecule has 0 aliphatic heterocycles. The second-order valence-electron chi connectivity index (χ2n) is 3.81. The van der Waals surface area contributed by atoms with Gasteiger partial charge in [-0.25, -0.2) is 4.79 Å². The van der Waals surface area contributed by atoms with Gasteiger partial charge >= 0.3 is 6.03 Å². The third-order valence-corrected chi connectivity index (χ3v) is 3.14. The van der Waals surface area contributed by atoms with Crippen LogP contribution < -0.4 is 4.90 Å². The molecule has 1 aromatic carbocycles. The van der Waals surface area contributed by atoms with Crippen LogP contribution in [0.5, 0.6) is 0 Å². The molecule has 0 atom stereocenters. The van der Waals surface area contributed by atoms with Gasteiger partial charge in [-0.3, -0.25) is 4.90 Å². The average Bonchev–Trinajstić information content (AvgIpc) is 2.37. The molecule has 1 rings (SSSR count). The normalized spacial score (nSPS) is 9.82. The van der Waals surface area contributed by atoms with Gasteiger partial charge in [0.25, 0.3) is 0 Å². The van der Waals surface area contributed by atoms with Gasteiger partial charge in [0.05, 0.1) is 0 Å². The van der Waals surface area contributed by atoms with Crippen LogP contribution in [-0.4, -0.2) is 31.6 Å². The van der Waals surface area contributed by atoms with Gasteiger partial charge < -0.3 is 4.90 Å². The molecular weight excluding hydrogens is 280 g/mol. The summed E-state index contributed by atoms with van der Waals surface area (Å²) in [6.07, 6.45) is 1.71. The van der Waals surface area contributed by atoms with Gasteiger partial charge in [-0.05, 0) is 17.7 Å². The molecule has 0 spiro atoms. The highest BCUT2D eigenvalue weighted by molar-refractivity contribution is 9.08. The van der Waals surface area contributed by atoms with Crippen molar-refractivity contribution in [3.05, 3.63) is 42.5 Å². The van der Waals surface area contributed by atoms with Crippen molar-refractivity contribution in [1.82, 2.24) is 4.90 Å². The molecule has 0 aliphatic rings. The maximum atomic E-state index is 12.0. The van der Waals surface area contributed by atoms with Crippen molar-refractivity contribution in [3.8, 4) is 0 Å². The largest absolute Gasteiger partial charge is 0.324 e. The van der Waals surface area contributed by atoms with Crippen LogP contribution in [0.3, 0.4) is 0 Å². The lowest BCUT2D eigenvalue weighted by Gasteiger charge is -2.24. The zero-order valence-electron chi connectivity index (χ0n) is 10.2. The number of likely N-dealkylation sites (N-methyl/N-ethyl adjacent to an activating group) is 1. The van der Waals surface area contributed by atoms with Crippen LogP contribution in [0.25, 0.3) is 0 Å². The minimum absolute atomic E-state index is 0.0449. The van der Waals surface area contributed by atoms with Gasteiger partial charge in [-0.2, -0.15) is 0 Å². The van der Waals surface area contributed by atoms with Crippen LogP contribution in [0.15, 0.2) is 36.9 Å². The number of hydrogen-bond acceptors (Lipinski definition) is 1. The SMILES string of the molecule is C=CCN(C)C(=O)N(C)c1ccc(CBr)cc1. The molecule has 0 N–H and O–H groups in total. The molecule has 17 heavy (non-hydrogen) atoms. The summed E-state index contributed by atoms with van der Waals surface area (Å²) in [5.74, 6) is 0. The quantitative estimate of drug-likeness (QED) is 0.618. The summed E-state index contributed by atoms with van der Waals surface area (Å²) >= 11 is 3.39. The van der Waals surface area contributed by atoms with Crippen molar-refractivity contribution < 1.29 is 4.79 Å². The standard InChI is InChI=1S/C13H17BrN2O/c1-4-9-15(2)13(17)16(3)12-7-5-11(10-14)6-8-12/h4-8H,1,9-10H2,2-3H3. The zero-order chi connectivity index (χ0) is 12.8. The van der Waals surface area contributed by atoms with Crippen molar-refractivity contribution >= 4 is 27.6 Å². The fourth-order valence-electron chi connectivity index (χ4n) is 1.45. The van der Waals surface area contributed by atoms with Crippen LogP contribution in [-0.2, 0) is 5.33 Å². The number of urea groups is 1. The lowest BCUT2D eigenvalue weighted by atomic mass is 10.2. The van der Waals surface area contributed by atoms with Gasteiger partial charge in [-0.15, -0.1) is 6.58 Å². The van der Waals surface area contributed by atoms with Gasteiger partial charge in [0.2, 0.25) is 0 Å². The summed E-state index contributed by atoms with van der Waals surface area (Å²) in [5.41, 5.74) is 2.07. The molecule has 0 aromatic heterocycles. The molecule has 0 saturated heterocycles. The van der Waals surface area contributed by atoms with E-state index in [2.05, 4.69) is 22.5 Å². The minimum Gasteiger partial charge on any atom is -0.324 e. The topological polar surface area (TPSA) is 23.6 Å². The molecule has 0 saturated carbocycles. The molecule has 2 amide bonds. The fraction of sp³-hybridized carbons (Fsp3) is 0.308. The first-order chi connectivity index (χ1) is 8.10. The highest BCUT2D eigenvalue weighted by Gasteiger charge is 2.14. The highest BCUT2D eigenvalue weighted by Crippen LogP contribution is 2.16. The van der Waals surface area contributed by atoms with Crippen LogP contribution >= 0.6 is 15.9 Å². The van der Waals surface area contributed by atoms with Crippen molar-refractivity contribution in [3.63, 3.8) is 0 Å². The minimum atomic E-state index is -0.0449. The molecule has 0 fully saturated rings. The van der Waals surface area contributed by atoms with Crippen LogP contribution in [0.4, 0.5) is 10.5 Å². The first-order valence-electron chi connectivity index (χ1n) is 5.34. The second kappa shape index (κ2) is 6.45. The second-order valence-corrected chi connectivity index (χ2v) is 4.37. The number of halogens is 1. The molecule has 1 aromatic rings. The van der Waals surface area contributed by atoms with E-state index in [-0.39, 0.29) is 6.03 Å². The Bertz CT molecular complexity index is 389. The summed E-state index contributed by atoms with van der Waals surface area (Å²) in [6, 6.07) is 7.84. The Hall–Kier alpha value is -1.29. The highest BCUT2D eigenvalue weighted by atomic mass is 79.9. The third kappa shape index (κ3) is 3.60. The molecule has 0 unspecified atom stereocenters. The molecule has 0 heterocycles. The van der Waals surface area contributed by atoms with Crippen molar-refractivity contribution in [2.24, 2.45) is 0 Å². The number of benzene rings is 1. The van der Waals surface area contributed by atoms with Crippen molar-refractivity contribution in [2.45, 2.75) is 5.33 Å². The lowest BCUT2D eigenvalue weighted by molar-refractivity contribution is 0.221. The lowest BCUT2D eigenvalue weighted by Crippen LogP contribution is -2.38. The summed E-state index contributed by atoms with van der Waals surface area (Å²) in [7, 11) is 3.53. The Labute approximate surface area is 111 Å². The summed E-state index contributed by atoms with van der Waals surface area (Å²) < 4.78 is 0. The van der Waals surface area contributed by atoms with E-state index in [1.54, 1.807) is 30.0 Å². The van der Waals surface area contributed by atoms with Gasteiger partial charge in [0.1, 0.15) is 0 Å². The predicted octanol–water partition coefficient (Wildman–Crippen LogP) is 3.26. The van der Waals surface area contributed by atoms with Crippen LogP contribution in [0.2, 0.25) is 0 Å². The maximum absolute atomic E-state index is 12.0. The molecule has 4 heteroatoms. The predicted molar refractivity (Wildman–Crippen MR) is 75.7 cm³/mol. The average molecular weight is 297 g/mol. The Balaban J connectivity index is 2.77. The van der Waals surface area contributed by atoms with Crippen LogP contribution in [0, 0.1) is 0 Å². The number of alkyl halides is 1. The number of carbonyl (C=O) groups is 1. The molecule has 92 valence electrons. The number of rotatable bonds is 4. The Kier molecular flexibility index (Phi) is 5.22. The van der Waals surface area contributed by atoms with Crippen molar-refractivity contribution in [2.75, 3.05) is 25.5 Å². The number of hydrogen-bond donors (Lipinski definition) is 0. The molecular formula is C13H17BrN2O. The Morgan fingerprint density at radius 1 is 1.35 bits per heavy atom. The van der Waals surface area contributed by atoms with E-state index in [0.29, 0.717) is 6.54 Å². The monoisotopic (exact) mass is 296 g/mol. The number of anilines is 1. The Morgan fingerprint density at radius 2 is 1.94 bits per heavy atom. The van der Waals surface area contributed by atoms with Gasteiger partial charge in [-0.1, -0.05) is 34.1 Å². The first-order valence-corrected chi connectivity index (χ1v) is 6.47. The van der Waals surface area contributed by atoms with E-state index in [9.17, 15) is 4.79 Å².